The third-order valence-corrected chi connectivity index (χ3v) is 9.84. The van der Waals surface area contributed by atoms with E-state index in [9.17, 15) is 9.59 Å². The van der Waals surface area contributed by atoms with Gasteiger partial charge in [0.2, 0.25) is 0 Å². The standard InChI is InChI=1S/C27H34ClN7O3S2/c1-16-4-5-17(2)35(16)14-21-25(19-10-22(28)39-15-19)31-27(40-21)32-26(38)20-11-30-23(12-29-20)34-9-8-33(18(3)13-34)7-6-24(36)37/h10-12,15-18H,4-9,13-14H2,1-3H3,(H,36,37)(H,31,32,38)/t16-,17-,18+/m1/s1. The van der Waals surface area contributed by atoms with Gasteiger partial charge in [-0.2, -0.15) is 0 Å². The van der Waals surface area contributed by atoms with Gasteiger partial charge in [-0.15, -0.1) is 11.3 Å². The summed E-state index contributed by atoms with van der Waals surface area (Å²) in [6, 6.07) is 3.11. The summed E-state index contributed by atoms with van der Waals surface area (Å²) >= 11 is 9.19. The Hall–Kier alpha value is -2.64. The first-order valence-electron chi connectivity index (χ1n) is 13.5. The Morgan fingerprint density at radius 1 is 1.12 bits per heavy atom. The minimum Gasteiger partial charge on any atom is -0.481 e. The number of thiazole rings is 1. The van der Waals surface area contributed by atoms with E-state index < -0.39 is 5.97 Å². The van der Waals surface area contributed by atoms with Crippen LogP contribution in [0.3, 0.4) is 0 Å². The highest BCUT2D eigenvalue weighted by Gasteiger charge is 2.30. The number of hydrogen-bond donors (Lipinski definition) is 2. The Balaban J connectivity index is 1.26. The molecule has 40 heavy (non-hydrogen) atoms. The monoisotopic (exact) mass is 603 g/mol. The molecular formula is C27H34ClN7O3S2. The first-order chi connectivity index (χ1) is 19.2. The minimum absolute atomic E-state index is 0.132. The number of nitrogens with one attached hydrogen (secondary N) is 1. The van der Waals surface area contributed by atoms with Gasteiger partial charge in [0.05, 0.1) is 28.8 Å². The highest BCUT2D eigenvalue weighted by Crippen LogP contribution is 2.38. The van der Waals surface area contributed by atoms with E-state index in [0.29, 0.717) is 40.5 Å². The van der Waals surface area contributed by atoms with Crippen LogP contribution in [-0.2, 0) is 11.3 Å². The van der Waals surface area contributed by atoms with E-state index in [1.54, 1.807) is 6.20 Å². The summed E-state index contributed by atoms with van der Waals surface area (Å²) in [5.74, 6) is -0.446. The molecule has 0 radical (unpaired) electrons. The number of thiophene rings is 1. The van der Waals surface area contributed by atoms with Crippen LogP contribution in [0.25, 0.3) is 11.3 Å². The predicted molar refractivity (Wildman–Crippen MR) is 160 cm³/mol. The summed E-state index contributed by atoms with van der Waals surface area (Å²) in [6.07, 6.45) is 5.60. The van der Waals surface area contributed by atoms with Gasteiger partial charge in [0.1, 0.15) is 11.5 Å². The molecule has 0 aliphatic carbocycles. The van der Waals surface area contributed by atoms with Gasteiger partial charge < -0.3 is 10.0 Å². The second-order valence-electron chi connectivity index (χ2n) is 10.6. The molecule has 0 aromatic carbocycles. The average molecular weight is 604 g/mol. The van der Waals surface area contributed by atoms with E-state index in [4.69, 9.17) is 21.7 Å². The summed E-state index contributed by atoms with van der Waals surface area (Å²) in [6.45, 7) is 10.1. The Morgan fingerprint density at radius 2 is 1.90 bits per heavy atom. The summed E-state index contributed by atoms with van der Waals surface area (Å²) in [4.78, 5) is 45.6. The number of carbonyl (C=O) groups is 2. The molecule has 5 rings (SSSR count). The van der Waals surface area contributed by atoms with Crippen molar-refractivity contribution < 1.29 is 14.7 Å². The van der Waals surface area contributed by atoms with Crippen molar-refractivity contribution in [3.05, 3.63) is 38.7 Å². The third kappa shape index (κ3) is 6.63. The van der Waals surface area contributed by atoms with Crippen LogP contribution in [0.2, 0.25) is 4.34 Å². The van der Waals surface area contributed by atoms with Crippen molar-refractivity contribution in [2.75, 3.05) is 36.4 Å². The van der Waals surface area contributed by atoms with Crippen LogP contribution in [0.15, 0.2) is 23.8 Å². The molecule has 2 aliphatic heterocycles. The van der Waals surface area contributed by atoms with E-state index in [1.807, 2.05) is 11.4 Å². The number of aromatic nitrogens is 3. The number of anilines is 2. The van der Waals surface area contributed by atoms with Crippen molar-refractivity contribution in [3.63, 3.8) is 0 Å². The van der Waals surface area contributed by atoms with Crippen LogP contribution in [0.4, 0.5) is 10.9 Å². The minimum atomic E-state index is -0.786. The number of rotatable bonds is 9. The maximum absolute atomic E-state index is 13.1. The lowest BCUT2D eigenvalue weighted by Crippen LogP contribution is -2.52. The average Bonchev–Trinajstić information content (AvgIpc) is 3.63. The van der Waals surface area contributed by atoms with Gasteiger partial charge in [-0.3, -0.25) is 24.7 Å². The van der Waals surface area contributed by atoms with Gasteiger partial charge in [0.15, 0.2) is 5.13 Å². The van der Waals surface area contributed by atoms with E-state index in [2.05, 4.69) is 50.8 Å². The van der Waals surface area contributed by atoms with Gasteiger partial charge in [-0.25, -0.2) is 15.0 Å². The first-order valence-corrected chi connectivity index (χ1v) is 15.6. The largest absolute Gasteiger partial charge is 0.481 e. The lowest BCUT2D eigenvalue weighted by molar-refractivity contribution is -0.137. The van der Waals surface area contributed by atoms with Crippen molar-refractivity contribution in [2.24, 2.45) is 0 Å². The maximum atomic E-state index is 13.1. The lowest BCUT2D eigenvalue weighted by Gasteiger charge is -2.40. The van der Waals surface area contributed by atoms with E-state index in [1.165, 1.54) is 41.7 Å². The zero-order valence-corrected chi connectivity index (χ0v) is 25.2. The molecule has 3 aromatic rings. The fourth-order valence-corrected chi connectivity index (χ4v) is 7.29. The lowest BCUT2D eigenvalue weighted by atomic mass is 10.2. The van der Waals surface area contributed by atoms with Gasteiger partial charge in [-0.05, 0) is 39.7 Å². The topological polar surface area (TPSA) is 115 Å². The van der Waals surface area contributed by atoms with Gasteiger partial charge in [0.25, 0.3) is 5.91 Å². The number of halogens is 1. The molecule has 3 aromatic heterocycles. The second kappa shape index (κ2) is 12.5. The number of hydrogen-bond acceptors (Lipinski definition) is 10. The molecule has 10 nitrogen and oxygen atoms in total. The molecule has 0 bridgehead atoms. The smallest absolute Gasteiger partial charge is 0.304 e. The van der Waals surface area contributed by atoms with Crippen molar-refractivity contribution in [2.45, 2.75) is 64.7 Å². The number of carboxylic acids is 1. The molecule has 2 saturated heterocycles. The highest BCUT2D eigenvalue weighted by atomic mass is 35.5. The number of amides is 1. The Labute approximate surface area is 247 Å². The fourth-order valence-electron chi connectivity index (χ4n) is 5.44. The number of piperazine rings is 1. The van der Waals surface area contributed by atoms with Gasteiger partial charge >= 0.3 is 5.97 Å². The van der Waals surface area contributed by atoms with E-state index in [-0.39, 0.29) is 24.1 Å². The third-order valence-electron chi connectivity index (χ3n) is 7.79. The fraction of sp³-hybridized carbons (Fsp3) is 0.519. The molecule has 2 aliphatic rings. The number of carboxylic acid groups (broad SMARTS) is 1. The Bertz CT molecular complexity index is 1340. The molecule has 2 fully saturated rings. The predicted octanol–water partition coefficient (Wildman–Crippen LogP) is 4.93. The maximum Gasteiger partial charge on any atom is 0.304 e. The molecule has 0 saturated carbocycles. The molecule has 13 heteroatoms. The number of carbonyl (C=O) groups excluding carboxylic acids is 1. The van der Waals surface area contributed by atoms with Crippen LogP contribution < -0.4 is 10.2 Å². The second-order valence-corrected chi connectivity index (χ2v) is 13.2. The van der Waals surface area contributed by atoms with Crippen LogP contribution in [0.5, 0.6) is 0 Å². The van der Waals surface area contributed by atoms with Crippen molar-refractivity contribution >= 4 is 57.1 Å². The quantitative estimate of drug-likeness (QED) is 0.351. The molecule has 5 heterocycles. The normalized spacial score (nSPS) is 22.1. The molecule has 3 atom stereocenters. The molecule has 0 spiro atoms. The summed E-state index contributed by atoms with van der Waals surface area (Å²) in [7, 11) is 0. The van der Waals surface area contributed by atoms with Gasteiger partial charge in [-0.1, -0.05) is 22.9 Å². The zero-order valence-electron chi connectivity index (χ0n) is 22.8. The van der Waals surface area contributed by atoms with Crippen molar-refractivity contribution in [1.29, 1.82) is 0 Å². The first kappa shape index (κ1) is 28.9. The molecule has 2 N–H and O–H groups in total. The Kier molecular flexibility index (Phi) is 9.01. The summed E-state index contributed by atoms with van der Waals surface area (Å²) in [5, 5.41) is 14.4. The molecule has 1 amide bonds. The highest BCUT2D eigenvalue weighted by molar-refractivity contribution is 7.16. The van der Waals surface area contributed by atoms with Crippen LogP contribution in [0.1, 0.15) is 55.4 Å². The van der Waals surface area contributed by atoms with Gasteiger partial charge in [0, 0.05) is 66.7 Å². The summed E-state index contributed by atoms with van der Waals surface area (Å²) < 4.78 is 0.703. The zero-order chi connectivity index (χ0) is 28.4. The molecule has 214 valence electrons. The SMILES string of the molecule is C[C@@H]1CC[C@@H](C)N1Cc1sc(NC(=O)c2cnc(N3CCN(CCC(=O)O)[C@@H](C)C3)cn2)nc1-c1csc(Cl)c1. The molecule has 0 unspecified atom stereocenters. The molecular weight excluding hydrogens is 570 g/mol. The number of likely N-dealkylation sites (tertiary alicyclic amines) is 1. The van der Waals surface area contributed by atoms with Crippen LogP contribution >= 0.6 is 34.3 Å². The van der Waals surface area contributed by atoms with E-state index >= 15 is 0 Å². The van der Waals surface area contributed by atoms with Crippen molar-refractivity contribution in [3.8, 4) is 11.3 Å². The Morgan fingerprint density at radius 3 is 2.52 bits per heavy atom. The van der Waals surface area contributed by atoms with Crippen LogP contribution in [0, 0.1) is 0 Å². The van der Waals surface area contributed by atoms with E-state index in [0.717, 1.165) is 35.8 Å². The van der Waals surface area contributed by atoms with Crippen LogP contribution in [-0.4, -0.2) is 86.0 Å². The van der Waals surface area contributed by atoms with Crippen molar-refractivity contribution in [1.82, 2.24) is 24.8 Å². The summed E-state index contributed by atoms with van der Waals surface area (Å²) in [5.41, 5.74) is 2.03. The number of aliphatic carboxylic acids is 1. The number of nitrogens with zero attached hydrogens (tertiary/aromatic N) is 6.